The van der Waals surface area contributed by atoms with Crippen LogP contribution in [0.5, 0.6) is 0 Å². The summed E-state index contributed by atoms with van der Waals surface area (Å²) in [6.07, 6.45) is 0. The van der Waals surface area contributed by atoms with E-state index in [9.17, 15) is 0 Å². The van der Waals surface area contributed by atoms with Gasteiger partial charge in [0.05, 0.1) is 5.69 Å². The van der Waals surface area contributed by atoms with E-state index in [2.05, 4.69) is 194 Å². The van der Waals surface area contributed by atoms with Crippen LogP contribution >= 0.6 is 0 Å². The molecule has 1 heteroatoms. The molecule has 0 amide bonds. The highest BCUT2D eigenvalue weighted by Crippen LogP contribution is 2.46. The summed E-state index contributed by atoms with van der Waals surface area (Å²) < 4.78 is 2.39. The average molecular weight is 626 g/mol. The van der Waals surface area contributed by atoms with Gasteiger partial charge >= 0.3 is 0 Å². The second-order valence-corrected chi connectivity index (χ2v) is 13.0. The number of rotatable bonds is 5. The zero-order valence-electron chi connectivity index (χ0n) is 27.7. The third-order valence-corrected chi connectivity index (χ3v) is 10.1. The summed E-state index contributed by atoms with van der Waals surface area (Å²) in [6.45, 7) is 2.15. The molecule has 0 atom stereocenters. The van der Waals surface area contributed by atoms with Gasteiger partial charge in [-0.2, -0.15) is 0 Å². The van der Waals surface area contributed by atoms with Gasteiger partial charge in [0, 0.05) is 23.5 Å². The van der Waals surface area contributed by atoms with Crippen LogP contribution in [-0.2, 0) is 7.05 Å². The molecule has 1 nitrogen and oxygen atoms in total. The largest absolute Gasteiger partial charge is 0.343 e. The number of aryl methyl sites for hydroxylation is 2. The number of hydrogen-bond acceptors (Lipinski definition) is 0. The van der Waals surface area contributed by atoms with E-state index in [0.717, 1.165) is 0 Å². The Hall–Kier alpha value is -6.18. The summed E-state index contributed by atoms with van der Waals surface area (Å²) in [5.41, 5.74) is 14.9. The number of aromatic nitrogens is 1. The molecule has 49 heavy (non-hydrogen) atoms. The zero-order valence-corrected chi connectivity index (χ0v) is 27.7. The quantitative estimate of drug-likeness (QED) is 0.168. The first-order valence-electron chi connectivity index (χ1n) is 17.0. The maximum atomic E-state index is 2.40. The van der Waals surface area contributed by atoms with E-state index >= 15 is 0 Å². The van der Waals surface area contributed by atoms with Crippen molar-refractivity contribution < 1.29 is 0 Å². The predicted molar refractivity (Wildman–Crippen MR) is 210 cm³/mol. The Kier molecular flexibility index (Phi) is 6.99. The lowest BCUT2D eigenvalue weighted by Gasteiger charge is -2.18. The maximum Gasteiger partial charge on any atom is 0.0568 e. The van der Waals surface area contributed by atoms with Crippen molar-refractivity contribution in [3.8, 4) is 55.8 Å². The van der Waals surface area contributed by atoms with Crippen LogP contribution in [0.15, 0.2) is 176 Å². The van der Waals surface area contributed by atoms with Gasteiger partial charge in [0.25, 0.3) is 0 Å². The molecule has 0 saturated carbocycles. The Labute approximate surface area is 287 Å². The molecular weight excluding hydrogens is 591 g/mol. The summed E-state index contributed by atoms with van der Waals surface area (Å²) in [4.78, 5) is 0. The summed E-state index contributed by atoms with van der Waals surface area (Å²) in [6, 6.07) is 64.3. The molecule has 1 heterocycles. The number of hydrogen-bond donors (Lipinski definition) is 0. The summed E-state index contributed by atoms with van der Waals surface area (Å²) in [5.74, 6) is 0. The zero-order chi connectivity index (χ0) is 32.9. The molecule has 0 fully saturated rings. The van der Waals surface area contributed by atoms with Gasteiger partial charge in [-0.15, -0.1) is 0 Å². The van der Waals surface area contributed by atoms with Crippen molar-refractivity contribution in [2.45, 2.75) is 6.92 Å². The van der Waals surface area contributed by atoms with Crippen LogP contribution in [0.4, 0.5) is 0 Å². The molecule has 232 valence electrons. The molecule has 0 radical (unpaired) electrons. The molecule has 0 aliphatic carbocycles. The second-order valence-electron chi connectivity index (χ2n) is 13.0. The third-order valence-electron chi connectivity index (χ3n) is 10.1. The molecule has 1 aromatic heterocycles. The number of nitrogens with zero attached hydrogens (tertiary/aromatic N) is 1. The predicted octanol–water partition coefficient (Wildman–Crippen LogP) is 13.1. The van der Waals surface area contributed by atoms with Crippen molar-refractivity contribution in [2.24, 2.45) is 7.05 Å². The van der Waals surface area contributed by atoms with Crippen molar-refractivity contribution in [3.05, 3.63) is 181 Å². The van der Waals surface area contributed by atoms with Crippen LogP contribution in [0.3, 0.4) is 0 Å². The van der Waals surface area contributed by atoms with Crippen molar-refractivity contribution in [3.63, 3.8) is 0 Å². The van der Waals surface area contributed by atoms with Crippen molar-refractivity contribution in [1.29, 1.82) is 0 Å². The summed E-state index contributed by atoms with van der Waals surface area (Å²) in [5, 5.41) is 6.32. The molecular formula is C48H35N. The van der Waals surface area contributed by atoms with Crippen molar-refractivity contribution in [1.82, 2.24) is 4.57 Å². The molecule has 0 spiro atoms. The van der Waals surface area contributed by atoms with Gasteiger partial charge < -0.3 is 4.57 Å². The fourth-order valence-electron chi connectivity index (χ4n) is 7.75. The Morgan fingerprint density at radius 1 is 0.327 bits per heavy atom. The molecule has 8 aromatic carbocycles. The van der Waals surface area contributed by atoms with Gasteiger partial charge in [0.2, 0.25) is 0 Å². The Balaban J connectivity index is 1.28. The number of fused-ring (bicyclic) bond motifs is 3. The van der Waals surface area contributed by atoms with Gasteiger partial charge in [0.15, 0.2) is 0 Å². The van der Waals surface area contributed by atoms with E-state index in [1.807, 2.05) is 0 Å². The van der Waals surface area contributed by atoms with Gasteiger partial charge in [-0.3, -0.25) is 0 Å². The van der Waals surface area contributed by atoms with Crippen molar-refractivity contribution in [2.75, 3.05) is 0 Å². The molecule has 0 N–H and O–H groups in total. The molecule has 0 bridgehead atoms. The minimum atomic E-state index is 1.22. The average Bonchev–Trinajstić information content (AvgIpc) is 3.46. The lowest BCUT2D eigenvalue weighted by Crippen LogP contribution is -1.93. The minimum absolute atomic E-state index is 1.22. The standard InChI is InChI=1S/C48H35N/c1-32-21-23-36(24-22-32)47-43-30-29-38(31-44(43)49(2)48(47)37-15-7-4-8-16-37)46-41-19-11-9-17-39(41)45(40-18-10-12-20-42(40)46)35-27-25-34(26-28-35)33-13-5-3-6-14-33/h3-31H,1-2H3. The first kappa shape index (κ1) is 29.0. The molecule has 0 aliphatic heterocycles. The molecule has 9 aromatic rings. The van der Waals surface area contributed by atoms with E-state index < -0.39 is 0 Å². The van der Waals surface area contributed by atoms with Gasteiger partial charge in [-0.05, 0) is 79.0 Å². The van der Waals surface area contributed by atoms with Gasteiger partial charge in [-0.1, -0.05) is 175 Å². The van der Waals surface area contributed by atoms with E-state index in [4.69, 9.17) is 0 Å². The van der Waals surface area contributed by atoms with Crippen LogP contribution in [0, 0.1) is 6.92 Å². The van der Waals surface area contributed by atoms with E-state index in [-0.39, 0.29) is 0 Å². The van der Waals surface area contributed by atoms with E-state index in [0.29, 0.717) is 0 Å². The molecule has 0 unspecified atom stereocenters. The summed E-state index contributed by atoms with van der Waals surface area (Å²) >= 11 is 0. The highest BCUT2D eigenvalue weighted by atomic mass is 15.0. The fourth-order valence-corrected chi connectivity index (χ4v) is 7.75. The normalized spacial score (nSPS) is 11.5. The van der Waals surface area contributed by atoms with Crippen molar-refractivity contribution >= 4 is 32.4 Å². The molecule has 0 aliphatic rings. The topological polar surface area (TPSA) is 4.93 Å². The SMILES string of the molecule is Cc1ccc(-c2c(-c3ccccc3)n(C)c3cc(-c4c5ccccc5c(-c5ccc(-c6ccccc6)cc5)c5ccccc45)ccc23)cc1. The lowest BCUT2D eigenvalue weighted by molar-refractivity contribution is 0.979. The first-order chi connectivity index (χ1) is 24.2. The number of benzene rings is 8. The van der Waals surface area contributed by atoms with Crippen LogP contribution in [-0.4, -0.2) is 4.57 Å². The highest BCUT2D eigenvalue weighted by Gasteiger charge is 2.21. The maximum absolute atomic E-state index is 2.40. The fraction of sp³-hybridized carbons (Fsp3) is 0.0417. The van der Waals surface area contributed by atoms with Crippen LogP contribution < -0.4 is 0 Å². The smallest absolute Gasteiger partial charge is 0.0568 e. The Morgan fingerprint density at radius 2 is 0.735 bits per heavy atom. The van der Waals surface area contributed by atoms with Gasteiger partial charge in [-0.25, -0.2) is 0 Å². The second kappa shape index (κ2) is 11.8. The monoisotopic (exact) mass is 625 g/mol. The van der Waals surface area contributed by atoms with E-state index in [1.165, 1.54) is 93.8 Å². The minimum Gasteiger partial charge on any atom is -0.343 e. The lowest BCUT2D eigenvalue weighted by atomic mass is 9.85. The van der Waals surface area contributed by atoms with Crippen LogP contribution in [0.25, 0.3) is 88.2 Å². The highest BCUT2D eigenvalue weighted by molar-refractivity contribution is 6.22. The first-order valence-corrected chi connectivity index (χ1v) is 17.0. The third kappa shape index (κ3) is 4.86. The van der Waals surface area contributed by atoms with E-state index in [1.54, 1.807) is 0 Å². The Bertz CT molecular complexity index is 2570. The van der Waals surface area contributed by atoms with Gasteiger partial charge in [0.1, 0.15) is 0 Å². The summed E-state index contributed by atoms with van der Waals surface area (Å²) in [7, 11) is 2.21. The van der Waals surface area contributed by atoms with Crippen LogP contribution in [0.2, 0.25) is 0 Å². The molecule has 9 rings (SSSR count). The Morgan fingerprint density at radius 3 is 1.31 bits per heavy atom. The van der Waals surface area contributed by atoms with Crippen LogP contribution in [0.1, 0.15) is 5.56 Å². The molecule has 0 saturated heterocycles.